The minimum Gasteiger partial charge on any atom is -0.312 e. The molecule has 2 rings (SSSR count). The van der Waals surface area contributed by atoms with Crippen LogP contribution in [-0.4, -0.2) is 12.8 Å². The van der Waals surface area contributed by atoms with Crippen LogP contribution in [0.5, 0.6) is 0 Å². The van der Waals surface area contributed by atoms with Crippen LogP contribution in [0.15, 0.2) is 18.7 Å². The summed E-state index contributed by atoms with van der Waals surface area (Å²) in [6, 6.07) is 2.97. The van der Waals surface area contributed by atoms with Gasteiger partial charge in [-0.2, -0.15) is 11.8 Å². The molecule has 94 valence electrons. The minimum absolute atomic E-state index is 0.538. The number of hydrogen-bond acceptors (Lipinski definition) is 3. The summed E-state index contributed by atoms with van der Waals surface area (Å²) in [5, 5.41) is 3.46. The number of allylic oxidation sites excluding steroid dienone is 1. The van der Waals surface area contributed by atoms with Crippen LogP contribution in [0.2, 0.25) is 0 Å². The van der Waals surface area contributed by atoms with Crippen LogP contribution in [0.25, 0.3) is 0 Å². The molecule has 0 saturated carbocycles. The first-order valence-corrected chi connectivity index (χ1v) is 8.29. The van der Waals surface area contributed by atoms with Crippen molar-refractivity contribution in [3.8, 4) is 0 Å². The van der Waals surface area contributed by atoms with E-state index >= 15 is 0 Å². The molecule has 0 bridgehead atoms. The van der Waals surface area contributed by atoms with Crippen molar-refractivity contribution in [3.05, 3.63) is 34.0 Å². The standard InChI is InChI=1S/C14H21NS2/c1-3-4-5-6-12(15-2)14-9-11-10-16-8-7-13(11)17-14/h3,9,12,15H,1,4-8,10H2,2H3. The molecule has 1 aromatic heterocycles. The fraction of sp³-hybridized carbons (Fsp3) is 0.571. The molecule has 1 aromatic rings. The highest BCUT2D eigenvalue weighted by molar-refractivity contribution is 7.98. The largest absolute Gasteiger partial charge is 0.312 e. The maximum absolute atomic E-state index is 3.79. The van der Waals surface area contributed by atoms with Gasteiger partial charge in [-0.3, -0.25) is 0 Å². The van der Waals surface area contributed by atoms with Crippen molar-refractivity contribution in [2.24, 2.45) is 0 Å². The lowest BCUT2D eigenvalue weighted by Crippen LogP contribution is -2.14. The molecule has 0 saturated heterocycles. The number of hydrogen-bond donors (Lipinski definition) is 1. The molecule has 17 heavy (non-hydrogen) atoms. The average Bonchev–Trinajstić information content (AvgIpc) is 2.78. The number of unbranched alkanes of at least 4 members (excludes halogenated alkanes) is 1. The summed E-state index contributed by atoms with van der Waals surface area (Å²) in [7, 11) is 2.08. The first-order chi connectivity index (χ1) is 8.35. The Labute approximate surface area is 113 Å². The van der Waals surface area contributed by atoms with Gasteiger partial charge in [-0.25, -0.2) is 0 Å². The van der Waals surface area contributed by atoms with E-state index in [-0.39, 0.29) is 0 Å². The van der Waals surface area contributed by atoms with Crippen molar-refractivity contribution < 1.29 is 0 Å². The molecule has 1 nitrogen and oxygen atoms in total. The summed E-state index contributed by atoms with van der Waals surface area (Å²) >= 11 is 4.09. The Morgan fingerprint density at radius 3 is 3.18 bits per heavy atom. The maximum atomic E-state index is 3.79. The van der Waals surface area contributed by atoms with E-state index in [1.165, 1.54) is 35.6 Å². The molecule has 0 spiro atoms. The van der Waals surface area contributed by atoms with Gasteiger partial charge in [0.1, 0.15) is 0 Å². The minimum atomic E-state index is 0.538. The van der Waals surface area contributed by atoms with E-state index in [1.54, 1.807) is 10.4 Å². The van der Waals surface area contributed by atoms with Gasteiger partial charge in [-0.15, -0.1) is 17.9 Å². The molecule has 1 N–H and O–H groups in total. The highest BCUT2D eigenvalue weighted by Gasteiger charge is 2.17. The molecule has 3 heteroatoms. The van der Waals surface area contributed by atoms with Crippen molar-refractivity contribution in [2.45, 2.75) is 37.5 Å². The number of rotatable bonds is 6. The number of nitrogens with one attached hydrogen (secondary N) is 1. The fourth-order valence-electron chi connectivity index (χ4n) is 2.24. The van der Waals surface area contributed by atoms with Crippen LogP contribution >= 0.6 is 23.1 Å². The summed E-state index contributed by atoms with van der Waals surface area (Å²) in [6.07, 6.45) is 6.86. The molecule has 0 fully saturated rings. The highest BCUT2D eigenvalue weighted by atomic mass is 32.2. The van der Waals surface area contributed by atoms with Gasteiger partial charge in [-0.05, 0) is 50.1 Å². The Balaban J connectivity index is 2.02. The molecule has 1 atom stereocenters. The lowest BCUT2D eigenvalue weighted by molar-refractivity contribution is 0.538. The lowest BCUT2D eigenvalue weighted by Gasteiger charge is -2.13. The molecule has 2 heterocycles. The smallest absolute Gasteiger partial charge is 0.0412 e. The zero-order valence-electron chi connectivity index (χ0n) is 10.5. The van der Waals surface area contributed by atoms with E-state index < -0.39 is 0 Å². The average molecular weight is 267 g/mol. The van der Waals surface area contributed by atoms with Gasteiger partial charge in [0.05, 0.1) is 0 Å². The van der Waals surface area contributed by atoms with Crippen molar-refractivity contribution in [1.29, 1.82) is 0 Å². The monoisotopic (exact) mass is 267 g/mol. The van der Waals surface area contributed by atoms with Crippen LogP contribution in [0.4, 0.5) is 0 Å². The molecule has 0 amide bonds. The Morgan fingerprint density at radius 1 is 1.59 bits per heavy atom. The quantitative estimate of drug-likeness (QED) is 0.614. The predicted octanol–water partition coefficient (Wildman–Crippen LogP) is 4.15. The van der Waals surface area contributed by atoms with Gasteiger partial charge < -0.3 is 5.32 Å². The maximum Gasteiger partial charge on any atom is 0.0412 e. The molecule has 0 aromatic carbocycles. The lowest BCUT2D eigenvalue weighted by atomic mass is 10.1. The van der Waals surface area contributed by atoms with Gasteiger partial charge in [0.25, 0.3) is 0 Å². The second-order valence-corrected chi connectivity index (χ2v) is 6.73. The van der Waals surface area contributed by atoms with Crippen LogP contribution in [-0.2, 0) is 12.2 Å². The van der Waals surface area contributed by atoms with E-state index in [1.807, 2.05) is 17.4 Å². The third kappa shape index (κ3) is 3.36. The Bertz CT molecular complexity index is 347. The number of fused-ring (bicyclic) bond motifs is 1. The first kappa shape index (κ1) is 13.2. The van der Waals surface area contributed by atoms with Crippen molar-refractivity contribution in [2.75, 3.05) is 12.8 Å². The summed E-state index contributed by atoms with van der Waals surface area (Å²) in [4.78, 5) is 3.16. The summed E-state index contributed by atoms with van der Waals surface area (Å²) in [5.41, 5.74) is 1.59. The molecule has 1 aliphatic rings. The molecule has 0 aliphatic carbocycles. The molecular weight excluding hydrogens is 246 g/mol. The van der Waals surface area contributed by atoms with Gasteiger partial charge in [-0.1, -0.05) is 6.08 Å². The van der Waals surface area contributed by atoms with Crippen molar-refractivity contribution >= 4 is 23.1 Å². The zero-order chi connectivity index (χ0) is 12.1. The second kappa shape index (κ2) is 6.62. The Hall–Kier alpha value is -0.250. The SMILES string of the molecule is C=CCCCC(NC)c1cc2c(s1)CCSC2. The van der Waals surface area contributed by atoms with Crippen molar-refractivity contribution in [1.82, 2.24) is 5.32 Å². The van der Waals surface area contributed by atoms with E-state index in [9.17, 15) is 0 Å². The van der Waals surface area contributed by atoms with Gasteiger partial charge in [0.15, 0.2) is 0 Å². The molecular formula is C14H21NS2. The highest BCUT2D eigenvalue weighted by Crippen LogP contribution is 2.35. The summed E-state index contributed by atoms with van der Waals surface area (Å²) in [5.74, 6) is 2.52. The Kier molecular flexibility index (Phi) is 5.14. The third-order valence-corrected chi connectivity index (χ3v) is 5.60. The number of thioether (sulfide) groups is 1. The van der Waals surface area contributed by atoms with E-state index in [0.29, 0.717) is 6.04 Å². The van der Waals surface area contributed by atoms with Crippen LogP contribution in [0.3, 0.4) is 0 Å². The topological polar surface area (TPSA) is 12.0 Å². The second-order valence-electron chi connectivity index (χ2n) is 4.46. The van der Waals surface area contributed by atoms with Gasteiger partial charge >= 0.3 is 0 Å². The fourth-order valence-corrected chi connectivity index (χ4v) is 4.76. The van der Waals surface area contributed by atoms with Crippen LogP contribution in [0, 0.1) is 0 Å². The Morgan fingerprint density at radius 2 is 2.47 bits per heavy atom. The molecule has 0 radical (unpaired) electrons. The van der Waals surface area contributed by atoms with E-state index in [2.05, 4.69) is 36.8 Å². The molecule has 1 aliphatic heterocycles. The number of aryl methyl sites for hydroxylation is 1. The predicted molar refractivity (Wildman–Crippen MR) is 80.0 cm³/mol. The first-order valence-electron chi connectivity index (χ1n) is 6.32. The summed E-state index contributed by atoms with van der Waals surface area (Å²) in [6.45, 7) is 3.79. The zero-order valence-corrected chi connectivity index (χ0v) is 12.1. The normalized spacial score (nSPS) is 16.5. The third-order valence-electron chi connectivity index (χ3n) is 3.24. The van der Waals surface area contributed by atoms with E-state index in [0.717, 1.165) is 6.42 Å². The summed E-state index contributed by atoms with van der Waals surface area (Å²) < 4.78 is 0. The van der Waals surface area contributed by atoms with Gasteiger partial charge in [0.2, 0.25) is 0 Å². The number of thiophene rings is 1. The van der Waals surface area contributed by atoms with E-state index in [4.69, 9.17) is 0 Å². The van der Waals surface area contributed by atoms with Crippen LogP contribution < -0.4 is 5.32 Å². The van der Waals surface area contributed by atoms with Crippen LogP contribution in [0.1, 0.15) is 40.6 Å². The molecule has 1 unspecified atom stereocenters. The van der Waals surface area contributed by atoms with Crippen molar-refractivity contribution in [3.63, 3.8) is 0 Å². The van der Waals surface area contributed by atoms with Gasteiger partial charge in [0, 0.05) is 21.5 Å².